The lowest BCUT2D eigenvalue weighted by Gasteiger charge is -2.11. The maximum absolute atomic E-state index is 12.3. The van der Waals surface area contributed by atoms with Crippen LogP contribution in [-0.4, -0.2) is 31.7 Å². The Bertz CT molecular complexity index is 704. The molecule has 0 fully saturated rings. The average molecular weight is 343 g/mol. The Hall–Kier alpha value is -2.76. The molecule has 1 heterocycles. The number of methoxy groups -OCH3 is 2. The summed E-state index contributed by atoms with van der Waals surface area (Å²) in [5.41, 5.74) is 2.21. The van der Waals surface area contributed by atoms with Crippen LogP contribution in [0, 0.1) is 0 Å². The number of rotatable bonds is 9. The molecule has 6 heteroatoms. The van der Waals surface area contributed by atoms with Gasteiger partial charge in [0.25, 0.3) is 5.91 Å². The fraction of sp³-hybridized carbons (Fsp3) is 0.368. The quantitative estimate of drug-likeness (QED) is 0.684. The number of nitrogens with one attached hydrogen (secondary N) is 2. The number of unbranched alkanes of at least 4 members (excludes halogenated alkanes) is 1. The summed E-state index contributed by atoms with van der Waals surface area (Å²) in [6.07, 6.45) is 3.85. The van der Waals surface area contributed by atoms with E-state index in [0.717, 1.165) is 30.6 Å². The van der Waals surface area contributed by atoms with Gasteiger partial charge in [-0.25, -0.2) is 0 Å². The Kier molecular flexibility index (Phi) is 7.07. The highest BCUT2D eigenvalue weighted by Crippen LogP contribution is 2.27. The second-order valence-corrected chi connectivity index (χ2v) is 5.58. The average Bonchev–Trinajstić information content (AvgIpc) is 2.66. The summed E-state index contributed by atoms with van der Waals surface area (Å²) in [4.78, 5) is 16.5. The smallest absolute Gasteiger partial charge is 0.270 e. The number of hydrogen-bond donors (Lipinski definition) is 2. The Morgan fingerprint density at radius 2 is 1.92 bits per heavy atom. The third-order valence-corrected chi connectivity index (χ3v) is 3.75. The molecule has 1 aromatic heterocycles. The van der Waals surface area contributed by atoms with Crippen LogP contribution in [-0.2, 0) is 6.54 Å². The van der Waals surface area contributed by atoms with E-state index in [0.29, 0.717) is 23.7 Å². The van der Waals surface area contributed by atoms with E-state index in [1.165, 1.54) is 0 Å². The minimum Gasteiger partial charge on any atom is -0.493 e. The molecule has 0 bridgehead atoms. The maximum Gasteiger partial charge on any atom is 0.270 e. The van der Waals surface area contributed by atoms with Crippen LogP contribution in [0.3, 0.4) is 0 Å². The van der Waals surface area contributed by atoms with Crippen LogP contribution in [0.2, 0.25) is 0 Å². The van der Waals surface area contributed by atoms with E-state index < -0.39 is 0 Å². The number of hydrogen-bond acceptors (Lipinski definition) is 5. The van der Waals surface area contributed by atoms with Crippen molar-refractivity contribution < 1.29 is 14.3 Å². The summed E-state index contributed by atoms with van der Waals surface area (Å²) in [6, 6.07) is 9.17. The van der Waals surface area contributed by atoms with Gasteiger partial charge in [-0.2, -0.15) is 0 Å². The fourth-order valence-corrected chi connectivity index (χ4v) is 2.34. The maximum atomic E-state index is 12.3. The zero-order valence-corrected chi connectivity index (χ0v) is 15.0. The van der Waals surface area contributed by atoms with Gasteiger partial charge in [0.2, 0.25) is 0 Å². The Morgan fingerprint density at radius 1 is 1.12 bits per heavy atom. The van der Waals surface area contributed by atoms with E-state index in [1.54, 1.807) is 26.5 Å². The molecular weight excluding hydrogens is 318 g/mol. The second kappa shape index (κ2) is 9.52. The molecule has 0 saturated carbocycles. The number of benzene rings is 1. The molecule has 0 spiro atoms. The summed E-state index contributed by atoms with van der Waals surface area (Å²) in [7, 11) is 3.17. The van der Waals surface area contributed by atoms with E-state index >= 15 is 0 Å². The third kappa shape index (κ3) is 5.38. The molecule has 25 heavy (non-hydrogen) atoms. The van der Waals surface area contributed by atoms with Crippen LogP contribution in [0.1, 0.15) is 35.8 Å². The van der Waals surface area contributed by atoms with Crippen molar-refractivity contribution in [1.29, 1.82) is 0 Å². The predicted octanol–water partition coefficient (Wildman–Crippen LogP) is 3.24. The topological polar surface area (TPSA) is 72.5 Å². The van der Waals surface area contributed by atoms with Crippen molar-refractivity contribution in [2.24, 2.45) is 0 Å². The molecule has 0 aliphatic heterocycles. The number of ether oxygens (including phenoxy) is 2. The SMILES string of the molecule is CCCCNc1ccnc(C(=O)NCc2ccc(OC)c(OC)c2)c1. The van der Waals surface area contributed by atoms with Crippen LogP contribution in [0.15, 0.2) is 36.5 Å². The second-order valence-electron chi connectivity index (χ2n) is 5.58. The first-order chi connectivity index (χ1) is 12.2. The summed E-state index contributed by atoms with van der Waals surface area (Å²) in [5, 5.41) is 6.16. The van der Waals surface area contributed by atoms with Gasteiger partial charge in [-0.05, 0) is 36.2 Å². The van der Waals surface area contributed by atoms with Crippen molar-refractivity contribution in [2.75, 3.05) is 26.1 Å². The number of carbonyl (C=O) groups excluding carboxylic acids is 1. The number of nitrogens with zero attached hydrogens (tertiary/aromatic N) is 1. The first-order valence-electron chi connectivity index (χ1n) is 8.37. The summed E-state index contributed by atoms with van der Waals surface area (Å²) in [6.45, 7) is 3.41. The molecule has 6 nitrogen and oxygen atoms in total. The van der Waals surface area contributed by atoms with E-state index in [2.05, 4.69) is 22.5 Å². The van der Waals surface area contributed by atoms with Crippen molar-refractivity contribution in [1.82, 2.24) is 10.3 Å². The number of carbonyl (C=O) groups is 1. The van der Waals surface area contributed by atoms with Gasteiger partial charge in [0.1, 0.15) is 5.69 Å². The largest absolute Gasteiger partial charge is 0.493 e. The van der Waals surface area contributed by atoms with Gasteiger partial charge < -0.3 is 20.1 Å². The van der Waals surface area contributed by atoms with Crippen LogP contribution in [0.4, 0.5) is 5.69 Å². The van der Waals surface area contributed by atoms with Crippen molar-refractivity contribution in [2.45, 2.75) is 26.3 Å². The first-order valence-corrected chi connectivity index (χ1v) is 8.37. The fourth-order valence-electron chi connectivity index (χ4n) is 2.34. The van der Waals surface area contributed by atoms with E-state index in [1.807, 2.05) is 24.3 Å². The highest BCUT2D eigenvalue weighted by Gasteiger charge is 2.09. The van der Waals surface area contributed by atoms with Crippen molar-refractivity contribution in [3.63, 3.8) is 0 Å². The molecule has 2 N–H and O–H groups in total. The lowest BCUT2D eigenvalue weighted by molar-refractivity contribution is 0.0946. The van der Waals surface area contributed by atoms with Gasteiger partial charge in [-0.1, -0.05) is 19.4 Å². The minimum absolute atomic E-state index is 0.214. The Labute approximate surface area is 148 Å². The van der Waals surface area contributed by atoms with E-state index in [9.17, 15) is 4.79 Å². The molecular formula is C19H25N3O3. The molecule has 1 amide bonds. The normalized spacial score (nSPS) is 10.2. The lowest BCUT2D eigenvalue weighted by atomic mass is 10.2. The van der Waals surface area contributed by atoms with Gasteiger partial charge in [0, 0.05) is 25.0 Å². The Balaban J connectivity index is 1.97. The number of pyridine rings is 1. The van der Waals surface area contributed by atoms with Crippen LogP contribution < -0.4 is 20.1 Å². The number of aromatic nitrogens is 1. The van der Waals surface area contributed by atoms with Gasteiger partial charge in [0.15, 0.2) is 11.5 Å². The zero-order chi connectivity index (χ0) is 18.1. The summed E-state index contributed by atoms with van der Waals surface area (Å²) >= 11 is 0. The van der Waals surface area contributed by atoms with Gasteiger partial charge in [-0.15, -0.1) is 0 Å². The lowest BCUT2D eigenvalue weighted by Crippen LogP contribution is -2.24. The molecule has 0 aliphatic rings. The molecule has 2 aromatic rings. The molecule has 0 atom stereocenters. The third-order valence-electron chi connectivity index (χ3n) is 3.75. The summed E-state index contributed by atoms with van der Waals surface area (Å²) < 4.78 is 10.5. The predicted molar refractivity (Wildman–Crippen MR) is 98.4 cm³/mol. The van der Waals surface area contributed by atoms with Crippen molar-refractivity contribution in [3.8, 4) is 11.5 Å². The molecule has 0 unspecified atom stereocenters. The molecule has 0 radical (unpaired) electrons. The standard InChI is InChI=1S/C19H25N3O3/c1-4-5-9-20-15-8-10-21-16(12-15)19(23)22-13-14-6-7-17(24-2)18(11-14)25-3/h6-8,10-12H,4-5,9,13H2,1-3H3,(H,20,21)(H,22,23). The van der Waals surface area contributed by atoms with Crippen molar-refractivity contribution in [3.05, 3.63) is 47.8 Å². The van der Waals surface area contributed by atoms with E-state index in [-0.39, 0.29) is 5.91 Å². The monoisotopic (exact) mass is 343 g/mol. The van der Waals surface area contributed by atoms with Gasteiger partial charge >= 0.3 is 0 Å². The molecule has 134 valence electrons. The molecule has 0 aliphatic carbocycles. The van der Waals surface area contributed by atoms with Crippen LogP contribution in [0.25, 0.3) is 0 Å². The molecule has 2 rings (SSSR count). The minimum atomic E-state index is -0.214. The van der Waals surface area contributed by atoms with Crippen LogP contribution >= 0.6 is 0 Å². The Morgan fingerprint density at radius 3 is 2.64 bits per heavy atom. The number of amides is 1. The van der Waals surface area contributed by atoms with Gasteiger partial charge in [0.05, 0.1) is 14.2 Å². The highest BCUT2D eigenvalue weighted by molar-refractivity contribution is 5.93. The molecule has 0 saturated heterocycles. The number of anilines is 1. The summed E-state index contributed by atoms with van der Waals surface area (Å²) in [5.74, 6) is 1.08. The van der Waals surface area contributed by atoms with Crippen molar-refractivity contribution >= 4 is 11.6 Å². The molecule has 1 aromatic carbocycles. The first kappa shape index (κ1) is 18.6. The zero-order valence-electron chi connectivity index (χ0n) is 15.0. The highest BCUT2D eigenvalue weighted by atomic mass is 16.5. The van der Waals surface area contributed by atoms with Crippen LogP contribution in [0.5, 0.6) is 11.5 Å². The van der Waals surface area contributed by atoms with E-state index in [4.69, 9.17) is 9.47 Å². The van der Waals surface area contributed by atoms with Gasteiger partial charge in [-0.3, -0.25) is 9.78 Å².